The van der Waals surface area contributed by atoms with Gasteiger partial charge >= 0.3 is 18.0 Å². The van der Waals surface area contributed by atoms with Crippen molar-refractivity contribution in [1.29, 1.82) is 0 Å². The lowest BCUT2D eigenvalue weighted by Gasteiger charge is -2.28. The van der Waals surface area contributed by atoms with E-state index in [4.69, 9.17) is 46.9 Å². The molecule has 3 aromatic rings. The lowest BCUT2D eigenvalue weighted by molar-refractivity contribution is -0.171. The molecule has 0 spiro atoms. The zero-order valence-electron chi connectivity index (χ0n) is 25.7. The van der Waals surface area contributed by atoms with Crippen LogP contribution < -0.4 is 9.47 Å². The first kappa shape index (κ1) is 33.9. The second kappa shape index (κ2) is 15.4. The Balaban J connectivity index is 1.68. The van der Waals surface area contributed by atoms with Crippen LogP contribution in [0.25, 0.3) is 0 Å². The fraction of sp³-hybridized carbons (Fsp3) is 0.382. The number of carbonyl (C=O) groups excluding carboxylic acids is 3. The van der Waals surface area contributed by atoms with E-state index >= 15 is 0 Å². The molecule has 0 radical (unpaired) electrons. The van der Waals surface area contributed by atoms with E-state index in [1.54, 1.807) is 64.1 Å². The molecular formula is C34H37Cl2NO8. The van der Waals surface area contributed by atoms with Gasteiger partial charge in [0, 0.05) is 33.3 Å². The molecule has 11 heteroatoms. The van der Waals surface area contributed by atoms with Crippen LogP contribution >= 0.6 is 23.2 Å². The van der Waals surface area contributed by atoms with Crippen LogP contribution in [0.2, 0.25) is 10.0 Å². The molecule has 4 rings (SSSR count). The maximum Gasteiger partial charge on any atom is 0.411 e. The largest absolute Gasteiger partial charge is 0.485 e. The summed E-state index contributed by atoms with van der Waals surface area (Å²) in [6.07, 6.45) is -1.23. The minimum Gasteiger partial charge on any atom is -0.485 e. The van der Waals surface area contributed by atoms with Crippen molar-refractivity contribution < 1.29 is 38.1 Å². The second-order valence-corrected chi connectivity index (χ2v) is 12.1. The Morgan fingerprint density at radius 2 is 1.51 bits per heavy atom. The molecule has 0 aromatic heterocycles. The van der Waals surface area contributed by atoms with Crippen LogP contribution in [-0.2, 0) is 37.0 Å². The fourth-order valence-electron chi connectivity index (χ4n) is 4.75. The molecule has 0 saturated carbocycles. The molecule has 1 heterocycles. The topological polar surface area (TPSA) is 101 Å². The van der Waals surface area contributed by atoms with Crippen molar-refractivity contribution in [1.82, 2.24) is 4.90 Å². The monoisotopic (exact) mass is 657 g/mol. The summed E-state index contributed by atoms with van der Waals surface area (Å²) in [6, 6.07) is 18.4. The lowest BCUT2D eigenvalue weighted by atomic mass is 10.1. The average molecular weight is 659 g/mol. The number of hydrogen-bond donors (Lipinski definition) is 0. The van der Waals surface area contributed by atoms with E-state index < -0.39 is 35.8 Å². The summed E-state index contributed by atoms with van der Waals surface area (Å²) in [5.41, 5.74) is 0.875. The number of halogens is 2. The van der Waals surface area contributed by atoms with Gasteiger partial charge in [0.1, 0.15) is 24.9 Å². The van der Waals surface area contributed by atoms with E-state index in [9.17, 15) is 14.4 Å². The quantitative estimate of drug-likeness (QED) is 0.153. The highest BCUT2D eigenvalue weighted by molar-refractivity contribution is 6.31. The van der Waals surface area contributed by atoms with Gasteiger partial charge in [0.05, 0.1) is 6.61 Å². The van der Waals surface area contributed by atoms with Crippen molar-refractivity contribution in [3.8, 4) is 11.5 Å². The maximum atomic E-state index is 13.6. The van der Waals surface area contributed by atoms with Gasteiger partial charge in [-0.25, -0.2) is 14.4 Å². The van der Waals surface area contributed by atoms with Gasteiger partial charge in [-0.2, -0.15) is 0 Å². The Labute approximate surface area is 273 Å². The minimum atomic E-state index is -1.52. The number of para-hydroxylation sites is 1. The van der Waals surface area contributed by atoms with E-state index in [1.807, 2.05) is 30.3 Å². The molecule has 3 aromatic carbocycles. The van der Waals surface area contributed by atoms with Gasteiger partial charge in [0.2, 0.25) is 6.10 Å². The summed E-state index contributed by atoms with van der Waals surface area (Å²) in [6.45, 7) is 7.37. The number of hydrogen-bond acceptors (Lipinski definition) is 8. The van der Waals surface area contributed by atoms with Gasteiger partial charge in [-0.15, -0.1) is 0 Å². The highest BCUT2D eigenvalue weighted by Gasteiger charge is 2.41. The lowest BCUT2D eigenvalue weighted by Crippen LogP contribution is -2.44. The summed E-state index contributed by atoms with van der Waals surface area (Å²) < 4.78 is 29.1. The molecule has 9 nitrogen and oxygen atoms in total. The second-order valence-electron chi connectivity index (χ2n) is 11.3. The van der Waals surface area contributed by atoms with Crippen molar-refractivity contribution >= 4 is 41.2 Å². The summed E-state index contributed by atoms with van der Waals surface area (Å²) in [5, 5.41) is 1.02. The van der Waals surface area contributed by atoms with Crippen LogP contribution in [0, 0.1) is 0 Å². The average Bonchev–Trinajstić information content (AvgIpc) is 3.49. The molecule has 1 amide bonds. The van der Waals surface area contributed by atoms with E-state index in [0.717, 1.165) is 5.56 Å². The molecule has 45 heavy (non-hydrogen) atoms. The van der Waals surface area contributed by atoms with Crippen LogP contribution in [0.3, 0.4) is 0 Å². The van der Waals surface area contributed by atoms with E-state index in [2.05, 4.69) is 0 Å². The predicted octanol–water partition coefficient (Wildman–Crippen LogP) is 7.70. The number of benzene rings is 3. The summed E-state index contributed by atoms with van der Waals surface area (Å²) >= 11 is 12.7. The fourth-order valence-corrected chi connectivity index (χ4v) is 5.13. The SMILES string of the molecule is CCOC(=O)[C@H](OC(=O)C1CCCN1C(=O)OC(C)(C)C)c1cccc(OCc2ccccc2Cl)c1OCc1ccccc1Cl. The van der Waals surface area contributed by atoms with Gasteiger partial charge in [0.15, 0.2) is 11.5 Å². The Morgan fingerprint density at radius 1 is 0.889 bits per heavy atom. The van der Waals surface area contributed by atoms with Gasteiger partial charge in [-0.3, -0.25) is 4.90 Å². The van der Waals surface area contributed by atoms with Crippen LogP contribution in [0.5, 0.6) is 11.5 Å². The van der Waals surface area contributed by atoms with Crippen molar-refractivity contribution in [2.75, 3.05) is 13.2 Å². The number of nitrogens with zero attached hydrogens (tertiary/aromatic N) is 1. The van der Waals surface area contributed by atoms with E-state index in [-0.39, 0.29) is 36.9 Å². The van der Waals surface area contributed by atoms with Crippen molar-refractivity contribution in [2.45, 2.75) is 71.5 Å². The van der Waals surface area contributed by atoms with E-state index in [1.165, 1.54) is 4.90 Å². The first-order valence-electron chi connectivity index (χ1n) is 14.7. The van der Waals surface area contributed by atoms with Crippen molar-refractivity contribution in [2.24, 2.45) is 0 Å². The van der Waals surface area contributed by atoms with Crippen molar-refractivity contribution in [3.63, 3.8) is 0 Å². The molecular weight excluding hydrogens is 621 g/mol. The van der Waals surface area contributed by atoms with Crippen molar-refractivity contribution in [3.05, 3.63) is 93.5 Å². The standard InChI is InChI=1S/C34H37Cl2NO8/c1-5-41-32(39)30(44-31(38)27-17-11-19-37(27)33(40)45-34(2,3)4)24-14-10-18-28(42-20-22-12-6-8-15-25(22)35)29(24)43-21-23-13-7-9-16-26(23)36/h6-10,12-16,18,27,30H,5,11,17,19-21H2,1-4H3/t27?,30-/m1/s1. The third-order valence-corrected chi connectivity index (χ3v) is 7.59. The van der Waals surface area contributed by atoms with Crippen LogP contribution in [0.1, 0.15) is 63.3 Å². The Kier molecular flexibility index (Phi) is 11.6. The normalized spacial score (nSPS) is 15.2. The number of carbonyl (C=O) groups is 3. The van der Waals surface area contributed by atoms with Crippen LogP contribution in [0.15, 0.2) is 66.7 Å². The summed E-state index contributed by atoms with van der Waals surface area (Å²) in [7, 11) is 0. The number of amides is 1. The molecule has 240 valence electrons. The summed E-state index contributed by atoms with van der Waals surface area (Å²) in [4.78, 5) is 41.2. The molecule has 2 atom stereocenters. The van der Waals surface area contributed by atoms with Gasteiger partial charge < -0.3 is 23.7 Å². The number of ether oxygens (including phenoxy) is 5. The highest BCUT2D eigenvalue weighted by Crippen LogP contribution is 2.39. The first-order valence-corrected chi connectivity index (χ1v) is 15.5. The Hall–Kier alpha value is -3.95. The molecule has 0 aliphatic carbocycles. The van der Waals surface area contributed by atoms with Gasteiger partial charge in [-0.05, 0) is 58.7 Å². The zero-order chi connectivity index (χ0) is 32.6. The van der Waals surface area contributed by atoms with Crippen LogP contribution in [-0.4, -0.2) is 47.7 Å². The van der Waals surface area contributed by atoms with Gasteiger partial charge in [0.25, 0.3) is 0 Å². The molecule has 1 unspecified atom stereocenters. The number of esters is 2. The predicted molar refractivity (Wildman–Crippen MR) is 169 cm³/mol. The molecule has 1 aliphatic rings. The van der Waals surface area contributed by atoms with Crippen LogP contribution in [0.4, 0.5) is 4.79 Å². The smallest absolute Gasteiger partial charge is 0.411 e. The zero-order valence-corrected chi connectivity index (χ0v) is 27.2. The summed E-state index contributed by atoms with van der Waals surface area (Å²) in [5.74, 6) is -1.14. The highest BCUT2D eigenvalue weighted by atomic mass is 35.5. The molecule has 0 N–H and O–H groups in total. The Bertz CT molecular complexity index is 1510. The number of likely N-dealkylation sites (tertiary alicyclic amines) is 1. The molecule has 1 saturated heterocycles. The molecule has 1 aliphatic heterocycles. The minimum absolute atomic E-state index is 0.0255. The first-order chi connectivity index (χ1) is 21.5. The maximum absolute atomic E-state index is 13.6. The molecule has 1 fully saturated rings. The Morgan fingerprint density at radius 3 is 2.11 bits per heavy atom. The third-order valence-electron chi connectivity index (χ3n) is 6.85. The third kappa shape index (κ3) is 9.05. The van der Waals surface area contributed by atoms with Gasteiger partial charge in [-0.1, -0.05) is 71.7 Å². The van der Waals surface area contributed by atoms with E-state index in [0.29, 0.717) is 35.0 Å². The number of rotatable bonds is 11. The molecule has 0 bridgehead atoms.